The van der Waals surface area contributed by atoms with Gasteiger partial charge in [0.15, 0.2) is 0 Å². The molecule has 1 unspecified atom stereocenters. The lowest BCUT2D eigenvalue weighted by Crippen LogP contribution is -2.56. The van der Waals surface area contributed by atoms with Crippen LogP contribution in [0.2, 0.25) is 0 Å². The monoisotopic (exact) mass is 502 g/mol. The highest BCUT2D eigenvalue weighted by molar-refractivity contribution is 8.03. The predicted molar refractivity (Wildman–Crippen MR) is 131 cm³/mol. The van der Waals surface area contributed by atoms with Gasteiger partial charge in [-0.15, -0.1) is 0 Å². The van der Waals surface area contributed by atoms with Gasteiger partial charge in [0.25, 0.3) is 5.91 Å². The van der Waals surface area contributed by atoms with Gasteiger partial charge >= 0.3 is 0 Å². The molecule has 8 nitrogen and oxygen atoms in total. The van der Waals surface area contributed by atoms with Gasteiger partial charge in [-0.05, 0) is 37.0 Å². The van der Waals surface area contributed by atoms with Gasteiger partial charge in [0.1, 0.15) is 22.7 Å². The first-order valence-electron chi connectivity index (χ1n) is 11.6. The van der Waals surface area contributed by atoms with Gasteiger partial charge in [-0.25, -0.2) is 8.78 Å². The summed E-state index contributed by atoms with van der Waals surface area (Å²) in [4.78, 5) is 20.8. The van der Waals surface area contributed by atoms with Crippen molar-refractivity contribution in [1.29, 1.82) is 0 Å². The smallest absolute Gasteiger partial charge is 0.268 e. The molecule has 3 heterocycles. The number of nitrogens with two attached hydrogens (primary N) is 3. The summed E-state index contributed by atoms with van der Waals surface area (Å²) in [6.45, 7) is 2.82. The van der Waals surface area contributed by atoms with E-state index in [0.717, 1.165) is 48.0 Å². The van der Waals surface area contributed by atoms with Crippen LogP contribution in [0.4, 0.5) is 20.2 Å². The van der Waals surface area contributed by atoms with E-state index >= 15 is 0 Å². The van der Waals surface area contributed by atoms with E-state index in [1.165, 1.54) is 23.1 Å². The van der Waals surface area contributed by atoms with Gasteiger partial charge in [-0.3, -0.25) is 9.78 Å². The summed E-state index contributed by atoms with van der Waals surface area (Å²) in [6, 6.07) is 3.14. The van der Waals surface area contributed by atoms with E-state index in [4.69, 9.17) is 17.2 Å². The quantitative estimate of drug-likeness (QED) is 0.498. The highest BCUT2D eigenvalue weighted by atomic mass is 32.2. The number of aromatic nitrogens is 1. The zero-order valence-corrected chi connectivity index (χ0v) is 20.1. The molecular weight excluding hydrogens is 474 g/mol. The Morgan fingerprint density at radius 2 is 1.94 bits per heavy atom. The summed E-state index contributed by atoms with van der Waals surface area (Å²) < 4.78 is 29.9. The van der Waals surface area contributed by atoms with Gasteiger partial charge in [0, 0.05) is 30.7 Å². The topological polar surface area (TPSA) is 135 Å². The highest BCUT2D eigenvalue weighted by Crippen LogP contribution is 2.52. The van der Waals surface area contributed by atoms with Crippen LogP contribution in [0.25, 0.3) is 0 Å². The minimum absolute atomic E-state index is 0.0296. The van der Waals surface area contributed by atoms with Crippen LogP contribution in [0.15, 0.2) is 35.1 Å². The molecule has 2 aromatic rings. The van der Waals surface area contributed by atoms with E-state index in [1.54, 1.807) is 6.20 Å². The third-order valence-electron chi connectivity index (χ3n) is 7.02. The van der Waals surface area contributed by atoms with Gasteiger partial charge in [0.05, 0.1) is 34.3 Å². The van der Waals surface area contributed by atoms with Crippen molar-refractivity contribution in [3.05, 3.63) is 63.6 Å². The van der Waals surface area contributed by atoms with Crippen LogP contribution in [0, 0.1) is 17.6 Å². The maximum absolute atomic E-state index is 14.9. The number of primary amides is 1. The van der Waals surface area contributed by atoms with Crippen molar-refractivity contribution in [2.45, 2.75) is 43.7 Å². The van der Waals surface area contributed by atoms with Crippen molar-refractivity contribution in [2.75, 3.05) is 22.9 Å². The molecule has 1 amide bonds. The third-order valence-corrected chi connectivity index (χ3v) is 8.14. The number of carbonyl (C=O) groups is 1. The molecule has 1 aromatic carbocycles. The molecule has 35 heavy (non-hydrogen) atoms. The summed E-state index contributed by atoms with van der Waals surface area (Å²) in [5.41, 5.74) is 21.2. The van der Waals surface area contributed by atoms with Gasteiger partial charge in [-0.2, -0.15) is 0 Å². The second kappa shape index (κ2) is 8.96. The summed E-state index contributed by atoms with van der Waals surface area (Å²) in [5, 5.41) is 9.52. The lowest BCUT2D eigenvalue weighted by atomic mass is 9.91. The number of halogens is 2. The van der Waals surface area contributed by atoms with E-state index < -0.39 is 35.1 Å². The Bertz CT molecular complexity index is 1190. The summed E-state index contributed by atoms with van der Waals surface area (Å²) in [6.07, 6.45) is 3.45. The molecule has 1 aromatic heterocycles. The molecule has 0 bridgehead atoms. The second-order valence-corrected chi connectivity index (χ2v) is 10.5. The summed E-state index contributed by atoms with van der Waals surface area (Å²) in [7, 11) is 0. The van der Waals surface area contributed by atoms with Crippen molar-refractivity contribution < 1.29 is 18.7 Å². The summed E-state index contributed by atoms with van der Waals surface area (Å²) in [5.74, 6) is -2.42. The van der Waals surface area contributed by atoms with E-state index in [2.05, 4.69) is 9.88 Å². The number of aliphatic hydroxyl groups is 1. The maximum atomic E-state index is 14.9. The molecule has 186 valence electrons. The molecule has 1 fully saturated rings. The van der Waals surface area contributed by atoms with Gasteiger partial charge in [0.2, 0.25) is 0 Å². The van der Waals surface area contributed by atoms with E-state index in [0.29, 0.717) is 18.8 Å². The third kappa shape index (κ3) is 3.91. The zero-order chi connectivity index (χ0) is 25.0. The number of aliphatic hydroxyl groups excluding tert-OH is 1. The van der Waals surface area contributed by atoms with Gasteiger partial charge in [-0.1, -0.05) is 24.8 Å². The molecule has 5 rings (SSSR count). The Morgan fingerprint density at radius 1 is 1.23 bits per heavy atom. The number of amides is 1. The van der Waals surface area contributed by atoms with E-state index in [-0.39, 0.29) is 22.2 Å². The molecule has 7 N–H and O–H groups in total. The SMILES string of the molecule is C[C@H]1CN(c2c(N3C(C(N)=O)=C(N)SC3c3c(F)cccc3F)cnc3c2CCC3)C[C@@H](N)[C@@H]1O. The molecule has 0 spiro atoms. The summed E-state index contributed by atoms with van der Waals surface area (Å²) >= 11 is 0.968. The highest BCUT2D eigenvalue weighted by Gasteiger charge is 2.43. The van der Waals surface area contributed by atoms with Crippen LogP contribution in [-0.2, 0) is 17.6 Å². The Labute approximate surface area is 206 Å². The molecular formula is C24H28F2N6O2S. The number of anilines is 2. The lowest BCUT2D eigenvalue weighted by Gasteiger charge is -2.42. The Kier molecular flexibility index (Phi) is 6.10. The standard InChI is InChI=1S/C24H28F2N6O2S/c1-11-9-31(10-15(27)21(11)33)19-12-4-2-7-16(12)30-8-17(19)32-20(22(28)34)23(29)35-24(32)18-13(25)5-3-6-14(18)26/h3,5-6,8,11,15,21,24,33H,2,4,7,9-10,27,29H2,1H3,(H2,28,34)/t11-,15+,21+,24?/m0/s1. The van der Waals surface area contributed by atoms with Crippen LogP contribution < -0.4 is 27.0 Å². The number of aryl methyl sites for hydroxylation is 1. The molecule has 0 saturated carbocycles. The van der Waals surface area contributed by atoms with E-state index in [1.807, 2.05) is 6.92 Å². The fourth-order valence-corrected chi connectivity index (χ4v) is 6.61. The Hall–Kier alpha value is -2.89. The number of piperidine rings is 1. The van der Waals surface area contributed by atoms with Crippen molar-refractivity contribution in [3.63, 3.8) is 0 Å². The van der Waals surface area contributed by atoms with Crippen molar-refractivity contribution in [2.24, 2.45) is 23.1 Å². The first-order chi connectivity index (χ1) is 16.7. The number of fused-ring (bicyclic) bond motifs is 1. The zero-order valence-electron chi connectivity index (χ0n) is 19.2. The van der Waals surface area contributed by atoms with Crippen LogP contribution >= 0.6 is 11.8 Å². The molecule has 1 saturated heterocycles. The molecule has 1 aliphatic carbocycles. The average molecular weight is 503 g/mol. The maximum Gasteiger partial charge on any atom is 0.268 e. The van der Waals surface area contributed by atoms with Crippen LogP contribution in [0.5, 0.6) is 0 Å². The Balaban J connectivity index is 1.71. The normalized spacial score (nSPS) is 26.4. The first-order valence-corrected chi connectivity index (χ1v) is 12.5. The molecule has 11 heteroatoms. The van der Waals surface area contributed by atoms with Crippen molar-refractivity contribution in [3.8, 4) is 0 Å². The number of hydrogen-bond acceptors (Lipinski definition) is 8. The number of pyridine rings is 1. The van der Waals surface area contributed by atoms with Crippen molar-refractivity contribution in [1.82, 2.24) is 4.98 Å². The lowest BCUT2D eigenvalue weighted by molar-refractivity contribution is -0.114. The number of carbonyl (C=O) groups excluding carboxylic acids is 1. The number of nitrogens with zero attached hydrogens (tertiary/aromatic N) is 3. The molecule has 3 aliphatic rings. The largest absolute Gasteiger partial charge is 0.392 e. The number of thioether (sulfide) groups is 1. The number of hydrogen-bond donors (Lipinski definition) is 4. The Morgan fingerprint density at radius 3 is 2.60 bits per heavy atom. The van der Waals surface area contributed by atoms with Gasteiger partial charge < -0.3 is 32.1 Å². The fourth-order valence-electron chi connectivity index (χ4n) is 5.39. The molecule has 0 radical (unpaired) electrons. The van der Waals surface area contributed by atoms with E-state index in [9.17, 15) is 18.7 Å². The second-order valence-electron chi connectivity index (χ2n) is 9.36. The van der Waals surface area contributed by atoms with Crippen LogP contribution in [0.3, 0.4) is 0 Å². The molecule has 2 aliphatic heterocycles. The average Bonchev–Trinajstić information content (AvgIpc) is 3.40. The minimum Gasteiger partial charge on any atom is -0.392 e. The number of benzene rings is 1. The predicted octanol–water partition coefficient (Wildman–Crippen LogP) is 1.86. The van der Waals surface area contributed by atoms with Crippen LogP contribution in [-0.4, -0.2) is 41.2 Å². The number of rotatable bonds is 4. The fraction of sp³-hybridized carbons (Fsp3) is 0.417. The van der Waals surface area contributed by atoms with Crippen molar-refractivity contribution >= 4 is 29.0 Å². The molecule has 4 atom stereocenters. The minimum atomic E-state index is -1.000. The first kappa shape index (κ1) is 23.8. The van der Waals surface area contributed by atoms with Crippen LogP contribution in [0.1, 0.15) is 35.5 Å².